The first-order chi connectivity index (χ1) is 14.9. The fraction of sp³-hybridized carbons (Fsp3) is 0.300. The van der Waals surface area contributed by atoms with E-state index >= 15 is 0 Å². The number of rotatable bonds is 11. The maximum atomic E-state index is 12.5. The molecule has 0 fully saturated rings. The molecule has 11 heteroatoms. The highest BCUT2D eigenvalue weighted by Gasteiger charge is 2.15. The Bertz CT molecular complexity index is 1080. The lowest BCUT2D eigenvalue weighted by molar-refractivity contribution is 0.268. The molecular weight excluding hydrogens is 502 g/mol. The summed E-state index contributed by atoms with van der Waals surface area (Å²) in [6.07, 6.45) is 3.36. The summed E-state index contributed by atoms with van der Waals surface area (Å²) in [5.41, 5.74) is 0.651. The molecule has 0 saturated heterocycles. The summed E-state index contributed by atoms with van der Waals surface area (Å²) >= 11 is 4.91. The Hall–Kier alpha value is -2.05. The first kappa shape index (κ1) is 23.6. The molecule has 31 heavy (non-hydrogen) atoms. The molecule has 0 radical (unpaired) electrons. The summed E-state index contributed by atoms with van der Waals surface area (Å²) < 4.78 is 28.2. The van der Waals surface area contributed by atoms with Crippen molar-refractivity contribution in [2.75, 3.05) is 17.2 Å². The van der Waals surface area contributed by atoms with E-state index < -0.39 is 10.0 Å². The van der Waals surface area contributed by atoms with E-state index in [1.165, 1.54) is 23.5 Å². The van der Waals surface area contributed by atoms with Gasteiger partial charge in [-0.2, -0.15) is 4.98 Å². The van der Waals surface area contributed by atoms with Crippen LogP contribution >= 0.6 is 27.3 Å². The van der Waals surface area contributed by atoms with Gasteiger partial charge in [0.15, 0.2) is 0 Å². The predicted octanol–water partition coefficient (Wildman–Crippen LogP) is 4.10. The fourth-order valence-electron chi connectivity index (χ4n) is 2.79. The zero-order valence-electron chi connectivity index (χ0n) is 16.9. The average Bonchev–Trinajstić information content (AvgIpc) is 3.28. The Morgan fingerprint density at radius 2 is 2.00 bits per heavy atom. The zero-order valence-corrected chi connectivity index (χ0v) is 20.1. The minimum absolute atomic E-state index is 0.00347. The summed E-state index contributed by atoms with van der Waals surface area (Å²) in [6, 6.07) is 10.0. The van der Waals surface area contributed by atoms with Gasteiger partial charge in [-0.05, 0) is 58.1 Å². The number of nitrogens with zero attached hydrogens (tertiary/aromatic N) is 2. The van der Waals surface area contributed by atoms with Crippen molar-refractivity contribution < 1.29 is 13.5 Å². The van der Waals surface area contributed by atoms with E-state index in [0.717, 1.165) is 17.7 Å². The van der Waals surface area contributed by atoms with E-state index in [9.17, 15) is 13.5 Å². The average molecular weight is 526 g/mol. The number of nitrogens with one attached hydrogen (secondary N) is 3. The van der Waals surface area contributed by atoms with Crippen molar-refractivity contribution in [2.24, 2.45) is 0 Å². The number of hydrogen-bond donors (Lipinski definition) is 4. The summed E-state index contributed by atoms with van der Waals surface area (Å²) in [5, 5.41) is 17.7. The van der Waals surface area contributed by atoms with Crippen LogP contribution in [0.1, 0.15) is 24.6 Å². The van der Waals surface area contributed by atoms with E-state index in [1.54, 1.807) is 18.3 Å². The van der Waals surface area contributed by atoms with Gasteiger partial charge in [-0.3, -0.25) is 0 Å². The number of hydrogen-bond acceptors (Lipinski definition) is 8. The molecule has 0 aliphatic carbocycles. The maximum absolute atomic E-state index is 12.5. The smallest absolute Gasteiger partial charge is 0.240 e. The van der Waals surface area contributed by atoms with Gasteiger partial charge in [0.2, 0.25) is 16.0 Å². The van der Waals surface area contributed by atoms with Crippen LogP contribution in [0.15, 0.2) is 57.3 Å². The van der Waals surface area contributed by atoms with Gasteiger partial charge in [-0.15, -0.1) is 11.3 Å². The Labute approximate surface area is 194 Å². The summed E-state index contributed by atoms with van der Waals surface area (Å²) in [5.74, 6) is 0.923. The first-order valence-electron chi connectivity index (χ1n) is 9.70. The van der Waals surface area contributed by atoms with E-state index in [0.29, 0.717) is 21.9 Å². The van der Waals surface area contributed by atoms with Crippen molar-refractivity contribution in [3.8, 4) is 0 Å². The number of aliphatic hydroxyl groups excluding tert-OH is 1. The van der Waals surface area contributed by atoms with Crippen LogP contribution < -0.4 is 15.4 Å². The van der Waals surface area contributed by atoms with E-state index in [1.807, 2.05) is 24.4 Å². The molecule has 0 saturated carbocycles. The van der Waals surface area contributed by atoms with Gasteiger partial charge in [-0.25, -0.2) is 18.1 Å². The van der Waals surface area contributed by atoms with Gasteiger partial charge in [0.05, 0.1) is 22.0 Å². The maximum Gasteiger partial charge on any atom is 0.240 e. The number of aliphatic hydroxyl groups is 1. The van der Waals surface area contributed by atoms with Gasteiger partial charge < -0.3 is 15.7 Å². The van der Waals surface area contributed by atoms with E-state index in [4.69, 9.17) is 0 Å². The zero-order chi connectivity index (χ0) is 22.3. The van der Waals surface area contributed by atoms with Crippen LogP contribution in [0.5, 0.6) is 0 Å². The lowest BCUT2D eigenvalue weighted by atomic mass is 10.2. The third-order valence-electron chi connectivity index (χ3n) is 4.38. The highest BCUT2D eigenvalue weighted by atomic mass is 79.9. The standard InChI is InChI=1S/C20H24BrN5O3S2/c1-2-4-15(13-27)24-19-18(21)12-22-20(26-19)25-14-6-8-17(9-7-14)31(28,29)23-11-16-5-3-10-30-16/h3,5-10,12,15,23,27H,2,4,11,13H2,1H3,(H2,22,24,25,26)/t15-/m1/s1. The molecule has 0 amide bonds. The van der Waals surface area contributed by atoms with Gasteiger partial charge in [0.25, 0.3) is 0 Å². The predicted molar refractivity (Wildman–Crippen MR) is 127 cm³/mol. The number of sulfonamides is 1. The third kappa shape index (κ3) is 6.71. The third-order valence-corrected chi connectivity index (χ3v) is 7.25. The lowest BCUT2D eigenvalue weighted by Gasteiger charge is -2.17. The van der Waals surface area contributed by atoms with Gasteiger partial charge >= 0.3 is 0 Å². The second kappa shape index (κ2) is 11.0. The molecule has 3 rings (SSSR count). The van der Waals surface area contributed by atoms with Crippen molar-refractivity contribution in [1.82, 2.24) is 14.7 Å². The van der Waals surface area contributed by atoms with Crippen LogP contribution in [0, 0.1) is 0 Å². The monoisotopic (exact) mass is 525 g/mol. The number of halogens is 1. The minimum Gasteiger partial charge on any atom is -0.394 e. The lowest BCUT2D eigenvalue weighted by Crippen LogP contribution is -2.24. The van der Waals surface area contributed by atoms with Crippen molar-refractivity contribution >= 4 is 54.7 Å². The number of thiophene rings is 1. The Balaban J connectivity index is 1.67. The summed E-state index contributed by atoms with van der Waals surface area (Å²) in [6.45, 7) is 2.31. The molecule has 0 bridgehead atoms. The Morgan fingerprint density at radius 3 is 2.65 bits per heavy atom. The molecule has 4 N–H and O–H groups in total. The number of benzene rings is 1. The van der Waals surface area contributed by atoms with Crippen LogP contribution in [0.3, 0.4) is 0 Å². The molecule has 1 atom stereocenters. The van der Waals surface area contributed by atoms with Gasteiger partial charge in [0, 0.05) is 23.3 Å². The molecular formula is C20H24BrN5O3S2. The largest absolute Gasteiger partial charge is 0.394 e. The van der Waals surface area contributed by atoms with E-state index in [2.05, 4.69) is 41.3 Å². The minimum atomic E-state index is -3.60. The quantitative estimate of drug-likeness (QED) is 0.297. The second-order valence-corrected chi connectivity index (χ2v) is 10.4. The molecule has 0 aliphatic rings. The van der Waals surface area contributed by atoms with Crippen LogP contribution in [0.4, 0.5) is 17.5 Å². The Kier molecular flexibility index (Phi) is 8.38. The van der Waals surface area contributed by atoms with Crippen molar-refractivity contribution in [2.45, 2.75) is 37.2 Å². The fourth-order valence-corrected chi connectivity index (χ4v) is 4.84. The normalized spacial score (nSPS) is 12.5. The van der Waals surface area contributed by atoms with Crippen molar-refractivity contribution in [1.29, 1.82) is 0 Å². The highest BCUT2D eigenvalue weighted by molar-refractivity contribution is 9.10. The second-order valence-electron chi connectivity index (χ2n) is 6.76. The van der Waals surface area contributed by atoms with Crippen LogP contribution in [-0.4, -0.2) is 36.1 Å². The molecule has 2 aromatic heterocycles. The van der Waals surface area contributed by atoms with Gasteiger partial charge in [-0.1, -0.05) is 19.4 Å². The molecule has 3 aromatic rings. The molecule has 0 aliphatic heterocycles. The van der Waals surface area contributed by atoms with E-state index in [-0.39, 0.29) is 24.1 Å². The molecule has 1 aromatic carbocycles. The Morgan fingerprint density at radius 1 is 1.23 bits per heavy atom. The molecule has 8 nitrogen and oxygen atoms in total. The van der Waals surface area contributed by atoms with Crippen LogP contribution in [0.2, 0.25) is 0 Å². The molecule has 2 heterocycles. The summed E-state index contributed by atoms with van der Waals surface area (Å²) in [4.78, 5) is 9.81. The molecule has 166 valence electrons. The van der Waals surface area contributed by atoms with Crippen LogP contribution in [-0.2, 0) is 16.6 Å². The first-order valence-corrected chi connectivity index (χ1v) is 12.9. The topological polar surface area (TPSA) is 116 Å². The van der Waals surface area contributed by atoms with Crippen molar-refractivity contribution in [3.63, 3.8) is 0 Å². The summed E-state index contributed by atoms with van der Waals surface area (Å²) in [7, 11) is -3.60. The highest BCUT2D eigenvalue weighted by Crippen LogP contribution is 2.24. The van der Waals surface area contributed by atoms with Gasteiger partial charge in [0.1, 0.15) is 5.82 Å². The molecule has 0 spiro atoms. The number of aromatic nitrogens is 2. The SMILES string of the molecule is CCC[C@H](CO)Nc1nc(Nc2ccc(S(=O)(=O)NCc3cccs3)cc2)ncc1Br. The molecule has 0 unspecified atom stereocenters. The number of anilines is 3. The van der Waals surface area contributed by atoms with Crippen LogP contribution in [0.25, 0.3) is 0 Å². The van der Waals surface area contributed by atoms with Crippen molar-refractivity contribution in [3.05, 3.63) is 57.3 Å².